The molecule has 1 amide bonds. The van der Waals surface area contributed by atoms with E-state index in [-0.39, 0.29) is 24.4 Å². The molecule has 1 heterocycles. The van der Waals surface area contributed by atoms with Crippen molar-refractivity contribution < 1.29 is 17.9 Å². The fraction of sp³-hybridized carbons (Fsp3) is 0.917. The van der Waals surface area contributed by atoms with Crippen LogP contribution in [-0.4, -0.2) is 81.8 Å². The van der Waals surface area contributed by atoms with Crippen LogP contribution in [0.2, 0.25) is 0 Å². The van der Waals surface area contributed by atoms with Crippen LogP contribution in [0.15, 0.2) is 0 Å². The van der Waals surface area contributed by atoms with E-state index in [0.29, 0.717) is 19.6 Å². The number of ether oxygens (including phenoxy) is 1. The van der Waals surface area contributed by atoms with E-state index in [9.17, 15) is 13.2 Å². The molecule has 1 atom stereocenters. The average molecular weight is 307 g/mol. The largest absolute Gasteiger partial charge is 0.378 e. The maximum Gasteiger partial charge on any atom is 0.241 e. The second-order valence-electron chi connectivity index (χ2n) is 5.30. The molecule has 7 nitrogen and oxygen atoms in total. The van der Waals surface area contributed by atoms with E-state index in [2.05, 4.69) is 5.32 Å². The zero-order chi connectivity index (χ0) is 15.3. The van der Waals surface area contributed by atoms with Gasteiger partial charge in [0, 0.05) is 33.7 Å². The van der Waals surface area contributed by atoms with Crippen molar-refractivity contribution in [3.8, 4) is 0 Å². The average Bonchev–Trinajstić information content (AvgIpc) is 2.37. The van der Waals surface area contributed by atoms with E-state index in [1.807, 2.05) is 13.8 Å². The van der Waals surface area contributed by atoms with E-state index in [1.54, 1.807) is 14.1 Å². The minimum Gasteiger partial charge on any atom is -0.378 e. The molecule has 1 N–H and O–H groups in total. The first-order valence-electron chi connectivity index (χ1n) is 6.78. The Morgan fingerprint density at radius 2 is 2.10 bits per heavy atom. The lowest BCUT2D eigenvalue weighted by Gasteiger charge is -2.35. The van der Waals surface area contributed by atoms with Crippen LogP contribution >= 0.6 is 0 Å². The second-order valence-corrected chi connectivity index (χ2v) is 7.34. The Kier molecular flexibility index (Phi) is 6.38. The van der Waals surface area contributed by atoms with Crippen molar-refractivity contribution in [1.29, 1.82) is 0 Å². The lowest BCUT2D eigenvalue weighted by Crippen LogP contribution is -2.59. The molecule has 118 valence electrons. The molecular formula is C12H25N3O4S. The lowest BCUT2D eigenvalue weighted by molar-refractivity contribution is -0.133. The molecule has 8 heteroatoms. The van der Waals surface area contributed by atoms with Crippen LogP contribution < -0.4 is 5.32 Å². The van der Waals surface area contributed by atoms with Crippen molar-refractivity contribution in [2.75, 3.05) is 46.1 Å². The van der Waals surface area contributed by atoms with Gasteiger partial charge in [0.15, 0.2) is 0 Å². The maximum atomic E-state index is 12.4. The van der Waals surface area contributed by atoms with Gasteiger partial charge in [-0.05, 0) is 13.8 Å². The number of piperazine rings is 1. The van der Waals surface area contributed by atoms with E-state index < -0.39 is 16.1 Å². The highest BCUT2D eigenvalue weighted by Crippen LogP contribution is 2.12. The molecule has 0 bridgehead atoms. The zero-order valence-electron chi connectivity index (χ0n) is 12.6. The van der Waals surface area contributed by atoms with E-state index in [4.69, 9.17) is 4.74 Å². The van der Waals surface area contributed by atoms with Gasteiger partial charge >= 0.3 is 0 Å². The van der Waals surface area contributed by atoms with Gasteiger partial charge in [-0.3, -0.25) is 4.79 Å². The van der Waals surface area contributed by atoms with Gasteiger partial charge < -0.3 is 15.0 Å². The van der Waals surface area contributed by atoms with Crippen LogP contribution in [0.5, 0.6) is 0 Å². The Labute approximate surface area is 121 Å². The summed E-state index contributed by atoms with van der Waals surface area (Å²) in [7, 11) is -0.229. The molecule has 1 rings (SSSR count). The summed E-state index contributed by atoms with van der Waals surface area (Å²) in [6.07, 6.45) is -0.00701. The fourth-order valence-electron chi connectivity index (χ4n) is 2.03. The molecule has 0 spiro atoms. The maximum absolute atomic E-state index is 12.4. The summed E-state index contributed by atoms with van der Waals surface area (Å²) in [4.78, 5) is 13.5. The number of carbonyl (C=O) groups excluding carboxylic acids is 1. The highest BCUT2D eigenvalue weighted by Gasteiger charge is 2.37. The first-order chi connectivity index (χ1) is 9.25. The summed E-state index contributed by atoms with van der Waals surface area (Å²) in [5.74, 6) is -0.298. The Morgan fingerprint density at radius 3 is 2.65 bits per heavy atom. The smallest absolute Gasteiger partial charge is 0.241 e. The molecule has 1 saturated heterocycles. The SMILES string of the molecule is CC(C)OCCS(=O)(=O)N1CCNCC1C(=O)N(C)C. The number of likely N-dealkylation sites (N-methyl/N-ethyl adjacent to an activating group) is 1. The number of hydrogen-bond donors (Lipinski definition) is 1. The van der Waals surface area contributed by atoms with Crippen molar-refractivity contribution >= 4 is 15.9 Å². The third-order valence-corrected chi connectivity index (χ3v) is 4.90. The highest BCUT2D eigenvalue weighted by molar-refractivity contribution is 7.89. The van der Waals surface area contributed by atoms with Crippen LogP contribution in [-0.2, 0) is 19.6 Å². The molecule has 1 aliphatic rings. The van der Waals surface area contributed by atoms with Crippen LogP contribution in [0.25, 0.3) is 0 Å². The number of carbonyl (C=O) groups is 1. The van der Waals surface area contributed by atoms with E-state index >= 15 is 0 Å². The Balaban J connectivity index is 2.75. The standard InChI is InChI=1S/C12H25N3O4S/c1-10(2)19-7-8-20(17,18)15-6-5-13-9-11(15)12(16)14(3)4/h10-11,13H,5-9H2,1-4H3. The van der Waals surface area contributed by atoms with Crippen LogP contribution in [0.3, 0.4) is 0 Å². The minimum absolute atomic E-state index is 0.00701. The first kappa shape index (κ1) is 17.4. The molecular weight excluding hydrogens is 282 g/mol. The molecule has 0 saturated carbocycles. The molecule has 0 aromatic heterocycles. The number of rotatable bonds is 6. The minimum atomic E-state index is -3.49. The van der Waals surface area contributed by atoms with Gasteiger partial charge in [-0.25, -0.2) is 8.42 Å². The molecule has 0 aromatic rings. The van der Waals surface area contributed by atoms with Crippen LogP contribution in [0.4, 0.5) is 0 Å². The van der Waals surface area contributed by atoms with Gasteiger partial charge in [0.05, 0.1) is 18.5 Å². The predicted octanol–water partition coefficient (Wildman–Crippen LogP) is -0.897. The third kappa shape index (κ3) is 4.69. The molecule has 0 radical (unpaired) electrons. The first-order valence-corrected chi connectivity index (χ1v) is 8.39. The highest BCUT2D eigenvalue weighted by atomic mass is 32.2. The molecule has 0 aliphatic carbocycles. The van der Waals surface area contributed by atoms with Crippen molar-refractivity contribution in [2.24, 2.45) is 0 Å². The Morgan fingerprint density at radius 1 is 1.45 bits per heavy atom. The lowest BCUT2D eigenvalue weighted by atomic mass is 10.2. The van der Waals surface area contributed by atoms with Crippen molar-refractivity contribution in [3.05, 3.63) is 0 Å². The summed E-state index contributed by atoms with van der Waals surface area (Å²) in [6.45, 7) is 5.08. The second kappa shape index (κ2) is 7.35. The summed E-state index contributed by atoms with van der Waals surface area (Å²) >= 11 is 0. The van der Waals surface area contributed by atoms with Gasteiger partial charge in [0.1, 0.15) is 6.04 Å². The van der Waals surface area contributed by atoms with Crippen molar-refractivity contribution in [1.82, 2.24) is 14.5 Å². The molecule has 20 heavy (non-hydrogen) atoms. The van der Waals surface area contributed by atoms with Crippen molar-refractivity contribution in [2.45, 2.75) is 26.0 Å². The molecule has 1 aliphatic heterocycles. The fourth-order valence-corrected chi connectivity index (χ4v) is 3.50. The molecule has 1 unspecified atom stereocenters. The topological polar surface area (TPSA) is 79.0 Å². The summed E-state index contributed by atoms with van der Waals surface area (Å²) in [5, 5.41) is 3.06. The zero-order valence-corrected chi connectivity index (χ0v) is 13.4. The van der Waals surface area contributed by atoms with Gasteiger partial charge in [-0.1, -0.05) is 0 Å². The Hall–Kier alpha value is -0.700. The number of amides is 1. The quantitative estimate of drug-likeness (QED) is 0.688. The third-order valence-electron chi connectivity index (χ3n) is 3.07. The van der Waals surface area contributed by atoms with E-state index in [0.717, 1.165) is 0 Å². The van der Waals surface area contributed by atoms with Gasteiger partial charge in [0.25, 0.3) is 0 Å². The number of hydrogen-bond acceptors (Lipinski definition) is 5. The van der Waals surface area contributed by atoms with Crippen LogP contribution in [0.1, 0.15) is 13.8 Å². The van der Waals surface area contributed by atoms with Gasteiger partial charge in [-0.15, -0.1) is 0 Å². The summed E-state index contributed by atoms with van der Waals surface area (Å²) < 4.78 is 31.3. The summed E-state index contributed by atoms with van der Waals surface area (Å²) in [6, 6.07) is -0.664. The predicted molar refractivity (Wildman–Crippen MR) is 76.9 cm³/mol. The van der Waals surface area contributed by atoms with Gasteiger partial charge in [0.2, 0.25) is 15.9 Å². The van der Waals surface area contributed by atoms with E-state index in [1.165, 1.54) is 9.21 Å². The normalized spacial score (nSPS) is 21.1. The monoisotopic (exact) mass is 307 g/mol. The van der Waals surface area contributed by atoms with Crippen molar-refractivity contribution in [3.63, 3.8) is 0 Å². The molecule has 0 aromatic carbocycles. The number of nitrogens with zero attached hydrogens (tertiary/aromatic N) is 2. The summed E-state index contributed by atoms with van der Waals surface area (Å²) in [5.41, 5.74) is 0. The van der Waals surface area contributed by atoms with Crippen LogP contribution in [0, 0.1) is 0 Å². The number of sulfonamides is 1. The molecule has 1 fully saturated rings. The van der Waals surface area contributed by atoms with Gasteiger partial charge in [-0.2, -0.15) is 4.31 Å². The Bertz CT molecular complexity index is 422. The number of nitrogens with one attached hydrogen (secondary N) is 1.